The maximum atomic E-state index is 9.91. The number of piperidine rings is 1. The summed E-state index contributed by atoms with van der Waals surface area (Å²) >= 11 is 1.73. The Morgan fingerprint density at radius 1 is 1.13 bits per heavy atom. The van der Waals surface area contributed by atoms with Gasteiger partial charge >= 0.3 is 0 Å². The summed E-state index contributed by atoms with van der Waals surface area (Å²) in [5.41, 5.74) is 1.24. The van der Waals surface area contributed by atoms with Crippen LogP contribution in [-0.4, -0.2) is 75.1 Å². The topological polar surface area (TPSA) is 84.2 Å². The molecular formula is C17H25NO4S. The largest absolute Gasteiger partial charge is 0.395 e. The molecule has 6 heteroatoms. The molecule has 0 aromatic heterocycles. The van der Waals surface area contributed by atoms with Crippen molar-refractivity contribution in [2.75, 3.05) is 25.4 Å². The van der Waals surface area contributed by atoms with Crippen molar-refractivity contribution in [3.63, 3.8) is 0 Å². The first-order chi connectivity index (χ1) is 11.0. The third kappa shape index (κ3) is 5.04. The zero-order valence-corrected chi connectivity index (χ0v) is 14.1. The monoisotopic (exact) mass is 339 g/mol. The van der Waals surface area contributed by atoms with Crippen molar-refractivity contribution < 1.29 is 20.4 Å². The molecule has 1 aromatic carbocycles. The average Bonchev–Trinajstić information content (AvgIpc) is 2.54. The molecule has 23 heavy (non-hydrogen) atoms. The number of rotatable bonds is 6. The third-order valence-corrected chi connectivity index (χ3v) is 5.05. The number of hydrogen-bond donors (Lipinski definition) is 4. The summed E-state index contributed by atoms with van der Waals surface area (Å²) in [6.07, 6.45) is 0.649. The number of thioether (sulfide) groups is 1. The molecular weight excluding hydrogens is 314 g/mol. The number of benzene rings is 1. The van der Waals surface area contributed by atoms with Gasteiger partial charge in [-0.3, -0.25) is 4.90 Å². The van der Waals surface area contributed by atoms with E-state index in [1.807, 2.05) is 12.2 Å². The van der Waals surface area contributed by atoms with Gasteiger partial charge in [-0.25, -0.2) is 0 Å². The van der Waals surface area contributed by atoms with Crippen LogP contribution in [0.15, 0.2) is 41.3 Å². The van der Waals surface area contributed by atoms with Crippen LogP contribution in [0.2, 0.25) is 0 Å². The summed E-state index contributed by atoms with van der Waals surface area (Å²) < 4.78 is 0. The molecule has 0 unspecified atom stereocenters. The average molecular weight is 339 g/mol. The Bertz CT molecular complexity index is 508. The predicted molar refractivity (Wildman–Crippen MR) is 91.5 cm³/mol. The zero-order chi connectivity index (χ0) is 16.8. The van der Waals surface area contributed by atoms with Crippen LogP contribution in [0.4, 0.5) is 0 Å². The second kappa shape index (κ2) is 8.82. The van der Waals surface area contributed by atoms with Gasteiger partial charge in [0.1, 0.15) is 12.2 Å². The highest BCUT2D eigenvalue weighted by Crippen LogP contribution is 2.20. The molecule has 4 atom stereocenters. The van der Waals surface area contributed by atoms with Gasteiger partial charge in [0.25, 0.3) is 0 Å². The maximum absolute atomic E-state index is 9.91. The second-order valence-electron chi connectivity index (χ2n) is 5.85. The molecule has 1 aliphatic heterocycles. The van der Waals surface area contributed by atoms with Crippen molar-refractivity contribution in [3.05, 3.63) is 42.0 Å². The number of hydrogen-bond acceptors (Lipinski definition) is 6. The van der Waals surface area contributed by atoms with Crippen molar-refractivity contribution in [3.8, 4) is 0 Å². The Labute approximate surface area is 141 Å². The van der Waals surface area contributed by atoms with E-state index in [4.69, 9.17) is 0 Å². The number of likely N-dealkylation sites (tertiary alicyclic amines) is 1. The molecule has 0 spiro atoms. The molecule has 2 rings (SSSR count). The number of nitrogens with zero attached hydrogens (tertiary/aromatic N) is 1. The molecule has 1 aromatic rings. The van der Waals surface area contributed by atoms with Crippen LogP contribution in [0.5, 0.6) is 0 Å². The molecule has 1 aliphatic rings. The summed E-state index contributed by atoms with van der Waals surface area (Å²) in [6, 6.07) is 7.80. The van der Waals surface area contributed by atoms with Gasteiger partial charge in [-0.2, -0.15) is 0 Å². The molecule has 0 aliphatic carbocycles. The lowest BCUT2D eigenvalue weighted by atomic mass is 9.94. The fraction of sp³-hybridized carbons (Fsp3) is 0.529. The zero-order valence-electron chi connectivity index (χ0n) is 13.2. The summed E-state index contributed by atoms with van der Waals surface area (Å²) in [4.78, 5) is 3.00. The summed E-state index contributed by atoms with van der Waals surface area (Å²) in [5.74, 6) is 0.828. The van der Waals surface area contributed by atoms with Crippen molar-refractivity contribution in [2.24, 2.45) is 0 Å². The first-order valence-electron chi connectivity index (χ1n) is 7.76. The van der Waals surface area contributed by atoms with Crippen molar-refractivity contribution in [1.82, 2.24) is 4.90 Å². The lowest BCUT2D eigenvalue weighted by Gasteiger charge is -2.42. The number of aliphatic hydroxyl groups is 4. The molecule has 0 saturated carbocycles. The van der Waals surface area contributed by atoms with Crippen LogP contribution in [0, 0.1) is 6.92 Å². The van der Waals surface area contributed by atoms with E-state index in [9.17, 15) is 20.4 Å². The quantitative estimate of drug-likeness (QED) is 0.444. The van der Waals surface area contributed by atoms with E-state index < -0.39 is 24.4 Å². The van der Waals surface area contributed by atoms with Crippen molar-refractivity contribution in [2.45, 2.75) is 36.2 Å². The van der Waals surface area contributed by atoms with Gasteiger partial charge < -0.3 is 20.4 Å². The Kier molecular flexibility index (Phi) is 7.08. The smallest absolute Gasteiger partial charge is 0.109 e. The molecule has 0 radical (unpaired) electrons. The molecule has 1 fully saturated rings. The van der Waals surface area contributed by atoms with E-state index in [2.05, 4.69) is 31.2 Å². The van der Waals surface area contributed by atoms with Gasteiger partial charge in [-0.05, 0) is 19.1 Å². The third-order valence-electron chi connectivity index (χ3n) is 4.09. The molecule has 1 saturated heterocycles. The first kappa shape index (κ1) is 18.4. The van der Waals surface area contributed by atoms with E-state index in [1.54, 1.807) is 16.7 Å². The molecule has 5 nitrogen and oxygen atoms in total. The molecule has 0 bridgehead atoms. The first-order valence-corrected chi connectivity index (χ1v) is 8.75. The van der Waals surface area contributed by atoms with Crippen LogP contribution in [0.25, 0.3) is 0 Å². The highest BCUT2D eigenvalue weighted by molar-refractivity contribution is 7.99. The minimum absolute atomic E-state index is 0.235. The van der Waals surface area contributed by atoms with Gasteiger partial charge in [-0.1, -0.05) is 29.8 Å². The van der Waals surface area contributed by atoms with Gasteiger partial charge in [0.05, 0.1) is 18.8 Å². The molecule has 1 heterocycles. The SMILES string of the molecule is Cc1ccc(SC/C=C/CN2C[C@H](O)[C@@H](O)[C@H](O)[C@H]2CO)cc1. The van der Waals surface area contributed by atoms with Crippen LogP contribution in [-0.2, 0) is 0 Å². The fourth-order valence-electron chi connectivity index (χ4n) is 2.65. The lowest BCUT2D eigenvalue weighted by Crippen LogP contribution is -2.62. The number of β-amino-alcohol motifs (C(OH)–C–C–N with tert-alkyl or cyclic N) is 1. The molecule has 4 N–H and O–H groups in total. The minimum Gasteiger partial charge on any atom is -0.395 e. The van der Waals surface area contributed by atoms with E-state index >= 15 is 0 Å². The normalized spacial score (nSPS) is 29.3. The van der Waals surface area contributed by atoms with Gasteiger partial charge in [0, 0.05) is 23.7 Å². The van der Waals surface area contributed by atoms with Crippen molar-refractivity contribution >= 4 is 11.8 Å². The summed E-state index contributed by atoms with van der Waals surface area (Å²) in [5, 5.41) is 38.7. The van der Waals surface area contributed by atoms with Crippen LogP contribution in [0.1, 0.15) is 5.56 Å². The number of aryl methyl sites for hydroxylation is 1. The van der Waals surface area contributed by atoms with E-state index in [0.29, 0.717) is 6.54 Å². The minimum atomic E-state index is -1.20. The van der Waals surface area contributed by atoms with E-state index in [-0.39, 0.29) is 13.2 Å². The Hall–Kier alpha value is -0.890. The van der Waals surface area contributed by atoms with Gasteiger partial charge in [0.2, 0.25) is 0 Å². The Morgan fingerprint density at radius 2 is 1.83 bits per heavy atom. The fourth-order valence-corrected chi connectivity index (χ4v) is 3.40. The standard InChI is InChI=1S/C17H25NO4S/c1-12-4-6-13(7-5-12)23-9-3-2-8-18-10-15(20)17(22)16(21)14(18)11-19/h2-7,14-17,19-22H,8-11H2,1H3/b3-2+/t14-,15+,16-,17-/m1/s1. The predicted octanol–water partition coefficient (Wildman–Crippen LogP) is 0.403. The molecule has 0 amide bonds. The van der Waals surface area contributed by atoms with Gasteiger partial charge in [0.15, 0.2) is 0 Å². The summed E-state index contributed by atoms with van der Waals surface area (Å²) in [7, 11) is 0. The van der Waals surface area contributed by atoms with E-state index in [1.165, 1.54) is 10.5 Å². The lowest BCUT2D eigenvalue weighted by molar-refractivity contribution is -0.142. The Balaban J connectivity index is 1.80. The van der Waals surface area contributed by atoms with Crippen molar-refractivity contribution in [1.29, 1.82) is 0 Å². The van der Waals surface area contributed by atoms with Crippen LogP contribution >= 0.6 is 11.8 Å². The van der Waals surface area contributed by atoms with Crippen LogP contribution in [0.3, 0.4) is 0 Å². The maximum Gasteiger partial charge on any atom is 0.109 e. The van der Waals surface area contributed by atoms with E-state index in [0.717, 1.165) is 5.75 Å². The highest BCUT2D eigenvalue weighted by Gasteiger charge is 2.40. The second-order valence-corrected chi connectivity index (χ2v) is 6.94. The molecule has 128 valence electrons. The summed E-state index contributed by atoms with van der Waals surface area (Å²) in [6.45, 7) is 2.56. The van der Waals surface area contributed by atoms with Crippen LogP contribution < -0.4 is 0 Å². The number of aliphatic hydroxyl groups excluding tert-OH is 4. The Morgan fingerprint density at radius 3 is 2.48 bits per heavy atom. The highest BCUT2D eigenvalue weighted by atomic mass is 32.2. The van der Waals surface area contributed by atoms with Gasteiger partial charge in [-0.15, -0.1) is 11.8 Å².